The van der Waals surface area contributed by atoms with Crippen molar-refractivity contribution in [3.8, 4) is 0 Å². The largest absolute Gasteiger partial charge is 0.452 e. The monoisotopic (exact) mass is 351 g/mol. The van der Waals surface area contributed by atoms with Gasteiger partial charge < -0.3 is 10.1 Å². The molecule has 1 aromatic carbocycles. The standard InChI is InChI=1S/C17H18ClNO3S/c1-10-8-15(12(3)23-10)17(21)22-9-16(20)19-11(2)13-4-6-14(18)7-5-13/h4-8,11H,9H2,1-3H3,(H,19,20)/t11-/m0/s1. The van der Waals surface area contributed by atoms with E-state index in [2.05, 4.69) is 5.32 Å². The molecule has 0 aliphatic rings. The van der Waals surface area contributed by atoms with Gasteiger partial charge in [-0.2, -0.15) is 0 Å². The first-order valence-corrected chi connectivity index (χ1v) is 8.35. The molecule has 0 aliphatic carbocycles. The molecule has 4 nitrogen and oxygen atoms in total. The van der Waals surface area contributed by atoms with Crippen molar-refractivity contribution in [3.05, 3.63) is 56.2 Å². The van der Waals surface area contributed by atoms with Crippen LogP contribution in [0.4, 0.5) is 0 Å². The lowest BCUT2D eigenvalue weighted by Crippen LogP contribution is -2.31. The number of aryl methyl sites for hydroxylation is 2. The van der Waals surface area contributed by atoms with Gasteiger partial charge in [0.1, 0.15) is 0 Å². The van der Waals surface area contributed by atoms with E-state index < -0.39 is 5.97 Å². The van der Waals surface area contributed by atoms with Crippen molar-refractivity contribution < 1.29 is 14.3 Å². The van der Waals surface area contributed by atoms with E-state index in [4.69, 9.17) is 16.3 Å². The fourth-order valence-electron chi connectivity index (χ4n) is 2.16. The first-order valence-electron chi connectivity index (χ1n) is 7.16. The number of hydrogen-bond acceptors (Lipinski definition) is 4. The van der Waals surface area contributed by atoms with E-state index in [0.717, 1.165) is 15.3 Å². The lowest BCUT2D eigenvalue weighted by atomic mass is 10.1. The number of amides is 1. The van der Waals surface area contributed by atoms with E-state index in [1.54, 1.807) is 18.2 Å². The summed E-state index contributed by atoms with van der Waals surface area (Å²) < 4.78 is 5.07. The molecular weight excluding hydrogens is 334 g/mol. The van der Waals surface area contributed by atoms with E-state index in [1.807, 2.05) is 32.9 Å². The number of benzene rings is 1. The molecular formula is C17H18ClNO3S. The highest BCUT2D eigenvalue weighted by Gasteiger charge is 2.16. The fourth-order valence-corrected chi connectivity index (χ4v) is 3.20. The van der Waals surface area contributed by atoms with E-state index in [0.29, 0.717) is 10.6 Å². The van der Waals surface area contributed by atoms with Gasteiger partial charge in [-0.1, -0.05) is 23.7 Å². The summed E-state index contributed by atoms with van der Waals surface area (Å²) in [6.45, 7) is 5.34. The Morgan fingerprint density at radius 3 is 2.48 bits per heavy atom. The Morgan fingerprint density at radius 1 is 1.26 bits per heavy atom. The van der Waals surface area contributed by atoms with Crippen molar-refractivity contribution in [2.24, 2.45) is 0 Å². The summed E-state index contributed by atoms with van der Waals surface area (Å²) in [4.78, 5) is 25.8. The van der Waals surface area contributed by atoms with Crippen molar-refractivity contribution in [1.82, 2.24) is 5.32 Å². The number of rotatable bonds is 5. The number of esters is 1. The molecule has 6 heteroatoms. The zero-order valence-corrected chi connectivity index (χ0v) is 14.8. The number of hydrogen-bond donors (Lipinski definition) is 1. The molecule has 2 rings (SSSR count). The molecule has 0 saturated heterocycles. The maximum Gasteiger partial charge on any atom is 0.339 e. The summed E-state index contributed by atoms with van der Waals surface area (Å²) in [6, 6.07) is 8.80. The normalized spacial score (nSPS) is 11.8. The van der Waals surface area contributed by atoms with Gasteiger partial charge in [0, 0.05) is 14.8 Å². The predicted molar refractivity (Wildman–Crippen MR) is 92.1 cm³/mol. The van der Waals surface area contributed by atoms with Gasteiger partial charge in [-0.3, -0.25) is 4.79 Å². The molecule has 23 heavy (non-hydrogen) atoms. The third-order valence-electron chi connectivity index (χ3n) is 3.34. The molecule has 0 saturated carbocycles. The number of carbonyl (C=O) groups is 2. The Balaban J connectivity index is 1.86. The van der Waals surface area contributed by atoms with Crippen LogP contribution in [-0.2, 0) is 9.53 Å². The smallest absolute Gasteiger partial charge is 0.339 e. The van der Waals surface area contributed by atoms with E-state index in [-0.39, 0.29) is 18.6 Å². The lowest BCUT2D eigenvalue weighted by Gasteiger charge is -2.14. The average Bonchev–Trinajstić information content (AvgIpc) is 2.84. The summed E-state index contributed by atoms with van der Waals surface area (Å²) in [7, 11) is 0. The molecule has 0 radical (unpaired) electrons. The first kappa shape index (κ1) is 17.5. The fraction of sp³-hybridized carbons (Fsp3) is 0.294. The minimum Gasteiger partial charge on any atom is -0.452 e. The molecule has 0 fully saturated rings. The summed E-state index contributed by atoms with van der Waals surface area (Å²) in [6.07, 6.45) is 0. The van der Waals surface area contributed by atoms with Gasteiger partial charge in [-0.05, 0) is 44.5 Å². The Labute approximate surface area is 144 Å². The van der Waals surface area contributed by atoms with Crippen LogP contribution in [0.15, 0.2) is 30.3 Å². The average molecular weight is 352 g/mol. The van der Waals surface area contributed by atoms with E-state index in [1.165, 1.54) is 11.3 Å². The lowest BCUT2D eigenvalue weighted by molar-refractivity contribution is -0.124. The summed E-state index contributed by atoms with van der Waals surface area (Å²) >= 11 is 7.36. The third kappa shape index (κ3) is 4.81. The van der Waals surface area contributed by atoms with Crippen LogP contribution in [0.25, 0.3) is 0 Å². The summed E-state index contributed by atoms with van der Waals surface area (Å²) in [5, 5.41) is 3.43. The van der Waals surface area contributed by atoms with Crippen molar-refractivity contribution in [2.45, 2.75) is 26.8 Å². The Morgan fingerprint density at radius 2 is 1.91 bits per heavy atom. The molecule has 122 valence electrons. The van der Waals surface area contributed by atoms with E-state index >= 15 is 0 Å². The first-order chi connectivity index (χ1) is 10.9. The van der Waals surface area contributed by atoms with Gasteiger partial charge in [0.05, 0.1) is 11.6 Å². The number of halogens is 1. The second kappa shape index (κ2) is 7.62. The van der Waals surface area contributed by atoms with Gasteiger partial charge in [-0.25, -0.2) is 4.79 Å². The quantitative estimate of drug-likeness (QED) is 0.827. The zero-order chi connectivity index (χ0) is 17.0. The van der Waals surface area contributed by atoms with Crippen LogP contribution >= 0.6 is 22.9 Å². The van der Waals surface area contributed by atoms with Crippen molar-refractivity contribution in [2.75, 3.05) is 6.61 Å². The molecule has 1 atom stereocenters. The molecule has 0 spiro atoms. The number of carbonyl (C=O) groups excluding carboxylic acids is 2. The van der Waals surface area contributed by atoms with Crippen LogP contribution in [0, 0.1) is 13.8 Å². The minimum absolute atomic E-state index is 0.191. The van der Waals surface area contributed by atoms with Crippen molar-refractivity contribution >= 4 is 34.8 Å². The molecule has 1 aromatic heterocycles. The van der Waals surface area contributed by atoms with E-state index in [9.17, 15) is 9.59 Å². The zero-order valence-electron chi connectivity index (χ0n) is 13.2. The number of ether oxygens (including phenoxy) is 1. The molecule has 2 aromatic rings. The molecule has 1 N–H and O–H groups in total. The number of nitrogens with one attached hydrogen (secondary N) is 1. The Bertz CT molecular complexity index is 709. The van der Waals surface area contributed by atoms with Gasteiger partial charge in [0.2, 0.25) is 0 Å². The summed E-state index contributed by atoms with van der Waals surface area (Å²) in [5.41, 5.74) is 1.45. The molecule has 0 aliphatic heterocycles. The number of thiophene rings is 1. The third-order valence-corrected chi connectivity index (χ3v) is 4.56. The molecule has 1 amide bonds. The van der Waals surface area contributed by atoms with Crippen LogP contribution in [0.1, 0.15) is 38.6 Å². The highest BCUT2D eigenvalue weighted by atomic mass is 35.5. The van der Waals surface area contributed by atoms with Gasteiger partial charge in [0.25, 0.3) is 5.91 Å². The molecule has 0 bridgehead atoms. The maximum atomic E-state index is 12.0. The van der Waals surface area contributed by atoms with Crippen LogP contribution < -0.4 is 5.32 Å². The molecule has 0 unspecified atom stereocenters. The Kier molecular flexibility index (Phi) is 5.80. The Hall–Kier alpha value is -1.85. The predicted octanol–water partition coefficient (Wildman–Crippen LogP) is 4.05. The van der Waals surface area contributed by atoms with Crippen LogP contribution in [0.2, 0.25) is 5.02 Å². The van der Waals surface area contributed by atoms with Gasteiger partial charge >= 0.3 is 5.97 Å². The SMILES string of the molecule is Cc1cc(C(=O)OCC(=O)N[C@@H](C)c2ccc(Cl)cc2)c(C)s1. The second-order valence-corrected chi connectivity index (χ2v) is 7.14. The topological polar surface area (TPSA) is 55.4 Å². The van der Waals surface area contributed by atoms with Gasteiger partial charge in [-0.15, -0.1) is 11.3 Å². The minimum atomic E-state index is -0.471. The van der Waals surface area contributed by atoms with Crippen molar-refractivity contribution in [3.63, 3.8) is 0 Å². The van der Waals surface area contributed by atoms with Crippen LogP contribution in [0.5, 0.6) is 0 Å². The van der Waals surface area contributed by atoms with Crippen LogP contribution in [0.3, 0.4) is 0 Å². The van der Waals surface area contributed by atoms with Gasteiger partial charge in [0.15, 0.2) is 6.61 Å². The highest BCUT2D eigenvalue weighted by molar-refractivity contribution is 7.12. The second-order valence-electron chi connectivity index (χ2n) is 5.24. The van der Waals surface area contributed by atoms with Crippen LogP contribution in [-0.4, -0.2) is 18.5 Å². The summed E-state index contributed by atoms with van der Waals surface area (Å²) in [5.74, 6) is -0.813. The van der Waals surface area contributed by atoms with Crippen molar-refractivity contribution in [1.29, 1.82) is 0 Å². The highest BCUT2D eigenvalue weighted by Crippen LogP contribution is 2.21. The molecule has 1 heterocycles. The maximum absolute atomic E-state index is 12.0.